The van der Waals surface area contributed by atoms with E-state index in [0.29, 0.717) is 6.54 Å². The second-order valence-electron chi connectivity index (χ2n) is 7.18. The summed E-state index contributed by atoms with van der Waals surface area (Å²) in [4.78, 5) is 24.1. The summed E-state index contributed by atoms with van der Waals surface area (Å²) in [5, 5.41) is 3.08. The van der Waals surface area contributed by atoms with E-state index in [1.807, 2.05) is 20.8 Å². The van der Waals surface area contributed by atoms with Crippen LogP contribution in [0.5, 0.6) is 0 Å². The van der Waals surface area contributed by atoms with Crippen molar-refractivity contribution in [3.05, 3.63) is 0 Å². The number of hydrogen-bond acceptors (Lipinski definition) is 5. The Morgan fingerprint density at radius 2 is 1.52 bits per heavy atom. The van der Waals surface area contributed by atoms with Gasteiger partial charge in [-0.2, -0.15) is 0 Å². The van der Waals surface area contributed by atoms with Crippen molar-refractivity contribution in [2.75, 3.05) is 6.54 Å². The molecule has 0 aromatic heterocycles. The molecule has 0 rings (SSSR count). The number of carbonyl (C=O) groups is 2. The number of rotatable bonds is 7. The van der Waals surface area contributed by atoms with Crippen LogP contribution >= 0.6 is 0 Å². The van der Waals surface area contributed by atoms with Crippen LogP contribution in [-0.2, 0) is 19.1 Å². The van der Waals surface area contributed by atoms with Gasteiger partial charge in [0.15, 0.2) is 0 Å². The molecule has 0 aliphatic carbocycles. The van der Waals surface area contributed by atoms with Gasteiger partial charge in [0, 0.05) is 0 Å². The van der Waals surface area contributed by atoms with E-state index in [1.54, 1.807) is 20.8 Å². The van der Waals surface area contributed by atoms with Gasteiger partial charge in [-0.1, -0.05) is 13.3 Å². The third-order valence-electron chi connectivity index (χ3n) is 2.40. The number of nitrogens with one attached hydrogen (secondary N) is 1. The molecule has 0 unspecified atom stereocenters. The summed E-state index contributed by atoms with van der Waals surface area (Å²) < 4.78 is 10.6. The molecule has 0 fully saturated rings. The minimum absolute atomic E-state index is 0.0180. The molecule has 0 bridgehead atoms. The van der Waals surface area contributed by atoms with Gasteiger partial charge in [-0.15, -0.1) is 0 Å². The van der Waals surface area contributed by atoms with Gasteiger partial charge in [-0.05, 0) is 54.5 Å². The van der Waals surface area contributed by atoms with Crippen molar-refractivity contribution in [3.8, 4) is 0 Å². The van der Waals surface area contributed by atoms with Gasteiger partial charge in [0.2, 0.25) is 0 Å². The van der Waals surface area contributed by atoms with E-state index < -0.39 is 29.2 Å². The fourth-order valence-electron chi connectivity index (χ4n) is 1.61. The standard InChI is InChI=1S/C16H31NO4/c1-8-9-10-17-12(14(19)21-16(5,6)7)11-13(18)20-15(2,3)4/h12,17H,8-11H2,1-7H3/t12-/m0/s1. The van der Waals surface area contributed by atoms with Crippen LogP contribution in [0.1, 0.15) is 67.7 Å². The predicted molar refractivity (Wildman–Crippen MR) is 83.0 cm³/mol. The van der Waals surface area contributed by atoms with E-state index in [-0.39, 0.29) is 6.42 Å². The molecule has 124 valence electrons. The van der Waals surface area contributed by atoms with Gasteiger partial charge in [-0.25, -0.2) is 0 Å². The molecular formula is C16H31NO4. The summed E-state index contributed by atoms with van der Waals surface area (Å²) in [6.45, 7) is 13.6. The Balaban J connectivity index is 4.65. The molecule has 0 aliphatic rings. The SMILES string of the molecule is CCCCN[C@@H](CC(=O)OC(C)(C)C)C(=O)OC(C)(C)C. The fourth-order valence-corrected chi connectivity index (χ4v) is 1.61. The number of carbonyl (C=O) groups excluding carboxylic acids is 2. The van der Waals surface area contributed by atoms with Gasteiger partial charge in [0.25, 0.3) is 0 Å². The van der Waals surface area contributed by atoms with Crippen LogP contribution in [0.3, 0.4) is 0 Å². The van der Waals surface area contributed by atoms with Crippen molar-refractivity contribution >= 4 is 11.9 Å². The molecule has 0 saturated carbocycles. The Hall–Kier alpha value is -1.10. The Bertz CT molecular complexity index is 339. The van der Waals surface area contributed by atoms with E-state index in [2.05, 4.69) is 12.2 Å². The van der Waals surface area contributed by atoms with Crippen LogP contribution in [0.4, 0.5) is 0 Å². The lowest BCUT2D eigenvalue weighted by Crippen LogP contribution is -2.44. The smallest absolute Gasteiger partial charge is 0.324 e. The molecule has 0 aliphatic heterocycles. The average molecular weight is 301 g/mol. The van der Waals surface area contributed by atoms with Crippen LogP contribution in [0, 0.1) is 0 Å². The first kappa shape index (κ1) is 19.9. The molecule has 0 aromatic carbocycles. The Morgan fingerprint density at radius 1 is 1.00 bits per heavy atom. The van der Waals surface area contributed by atoms with Gasteiger partial charge in [-0.3, -0.25) is 9.59 Å². The molecule has 0 saturated heterocycles. The number of ether oxygens (including phenoxy) is 2. The van der Waals surface area contributed by atoms with E-state index in [9.17, 15) is 9.59 Å². The van der Waals surface area contributed by atoms with Crippen LogP contribution in [0.25, 0.3) is 0 Å². The highest BCUT2D eigenvalue weighted by atomic mass is 16.6. The molecule has 1 atom stereocenters. The normalized spacial score (nSPS) is 13.7. The number of hydrogen-bond donors (Lipinski definition) is 1. The fraction of sp³-hybridized carbons (Fsp3) is 0.875. The maximum absolute atomic E-state index is 12.2. The van der Waals surface area contributed by atoms with Crippen molar-refractivity contribution < 1.29 is 19.1 Å². The highest BCUT2D eigenvalue weighted by Gasteiger charge is 2.28. The van der Waals surface area contributed by atoms with Crippen LogP contribution in [0.15, 0.2) is 0 Å². The van der Waals surface area contributed by atoms with Gasteiger partial charge in [0.05, 0.1) is 6.42 Å². The Labute approximate surface area is 128 Å². The summed E-state index contributed by atoms with van der Waals surface area (Å²) in [5.41, 5.74) is -1.13. The summed E-state index contributed by atoms with van der Waals surface area (Å²) in [7, 11) is 0. The molecule has 1 N–H and O–H groups in total. The minimum atomic E-state index is -0.661. The van der Waals surface area contributed by atoms with Gasteiger partial charge < -0.3 is 14.8 Å². The molecule has 0 heterocycles. The lowest BCUT2D eigenvalue weighted by Gasteiger charge is -2.25. The molecule has 0 amide bonds. The third-order valence-corrected chi connectivity index (χ3v) is 2.40. The van der Waals surface area contributed by atoms with Crippen molar-refractivity contribution in [2.24, 2.45) is 0 Å². The van der Waals surface area contributed by atoms with E-state index in [1.165, 1.54) is 0 Å². The van der Waals surface area contributed by atoms with E-state index in [0.717, 1.165) is 12.8 Å². The second-order valence-corrected chi connectivity index (χ2v) is 7.18. The molecule has 5 nitrogen and oxygen atoms in total. The van der Waals surface area contributed by atoms with Crippen LogP contribution in [0.2, 0.25) is 0 Å². The summed E-state index contributed by atoms with van der Waals surface area (Å²) in [6.07, 6.45) is 1.93. The quantitative estimate of drug-likeness (QED) is 0.578. The first-order valence-electron chi connectivity index (χ1n) is 7.62. The highest BCUT2D eigenvalue weighted by Crippen LogP contribution is 2.13. The second kappa shape index (κ2) is 8.37. The minimum Gasteiger partial charge on any atom is -0.460 e. The number of unbranched alkanes of at least 4 members (excludes halogenated alkanes) is 1. The Morgan fingerprint density at radius 3 is 1.95 bits per heavy atom. The first-order valence-corrected chi connectivity index (χ1v) is 7.62. The lowest BCUT2D eigenvalue weighted by atomic mass is 10.1. The van der Waals surface area contributed by atoms with Crippen LogP contribution < -0.4 is 5.32 Å². The molecule has 21 heavy (non-hydrogen) atoms. The van der Waals surface area contributed by atoms with Gasteiger partial charge >= 0.3 is 11.9 Å². The topological polar surface area (TPSA) is 64.6 Å². The zero-order valence-corrected chi connectivity index (χ0v) is 14.5. The molecular weight excluding hydrogens is 270 g/mol. The molecule has 0 spiro atoms. The van der Waals surface area contributed by atoms with Crippen molar-refractivity contribution in [1.29, 1.82) is 0 Å². The maximum Gasteiger partial charge on any atom is 0.324 e. The van der Waals surface area contributed by atoms with E-state index in [4.69, 9.17) is 9.47 Å². The molecule has 5 heteroatoms. The zero-order valence-electron chi connectivity index (χ0n) is 14.5. The summed E-state index contributed by atoms with van der Waals surface area (Å²) in [6, 6.07) is -0.661. The van der Waals surface area contributed by atoms with E-state index >= 15 is 0 Å². The summed E-state index contributed by atoms with van der Waals surface area (Å²) in [5.74, 6) is -0.813. The third kappa shape index (κ3) is 11.3. The predicted octanol–water partition coefficient (Wildman–Crippen LogP) is 2.82. The maximum atomic E-state index is 12.2. The monoisotopic (exact) mass is 301 g/mol. The first-order chi connectivity index (χ1) is 9.44. The van der Waals surface area contributed by atoms with Crippen LogP contribution in [-0.4, -0.2) is 35.7 Å². The van der Waals surface area contributed by atoms with Crippen molar-refractivity contribution in [3.63, 3.8) is 0 Å². The average Bonchev–Trinajstić information content (AvgIpc) is 2.22. The van der Waals surface area contributed by atoms with Crippen molar-refractivity contribution in [2.45, 2.75) is 85.0 Å². The largest absolute Gasteiger partial charge is 0.460 e. The zero-order chi connectivity index (χ0) is 16.7. The lowest BCUT2D eigenvalue weighted by molar-refractivity contribution is -0.164. The van der Waals surface area contributed by atoms with Gasteiger partial charge in [0.1, 0.15) is 17.2 Å². The molecule has 0 aromatic rings. The highest BCUT2D eigenvalue weighted by molar-refractivity contribution is 5.83. The number of esters is 2. The van der Waals surface area contributed by atoms with Crippen molar-refractivity contribution in [1.82, 2.24) is 5.32 Å². The molecule has 0 radical (unpaired) electrons. The summed E-state index contributed by atoms with van der Waals surface area (Å²) >= 11 is 0. The Kier molecular flexibility index (Phi) is 7.93.